The van der Waals surface area contributed by atoms with E-state index in [2.05, 4.69) is 6.07 Å². The molecular formula is C9H11NO2. The normalized spacial score (nSPS) is 32.0. The van der Waals surface area contributed by atoms with Crippen molar-refractivity contribution in [1.82, 2.24) is 0 Å². The molecule has 0 amide bonds. The molecule has 12 heavy (non-hydrogen) atoms. The van der Waals surface area contributed by atoms with Crippen molar-refractivity contribution in [3.05, 3.63) is 11.3 Å². The molecule has 2 unspecified atom stereocenters. The molecule has 0 aromatic carbocycles. The molecule has 0 radical (unpaired) electrons. The van der Waals surface area contributed by atoms with Crippen LogP contribution in [0.5, 0.6) is 0 Å². The van der Waals surface area contributed by atoms with E-state index in [1.54, 1.807) is 0 Å². The number of nitrogens with zero attached hydrogens (tertiary/aromatic N) is 1. The van der Waals surface area contributed by atoms with Crippen molar-refractivity contribution in [1.29, 1.82) is 5.26 Å². The Morgan fingerprint density at radius 3 is 3.17 bits per heavy atom. The number of ether oxygens (including phenoxy) is 1. The van der Waals surface area contributed by atoms with E-state index in [0.717, 1.165) is 24.2 Å². The molecule has 3 heteroatoms. The van der Waals surface area contributed by atoms with E-state index in [0.29, 0.717) is 6.42 Å². The fraction of sp³-hybridized carbons (Fsp3) is 0.667. The molecular weight excluding hydrogens is 154 g/mol. The average molecular weight is 165 g/mol. The largest absolute Gasteiger partial charge is 0.494 e. The van der Waals surface area contributed by atoms with Gasteiger partial charge in [0.2, 0.25) is 0 Å². The maximum atomic E-state index is 9.06. The number of aliphatic hydroxyl groups is 1. The first-order chi connectivity index (χ1) is 5.86. The maximum Gasteiger partial charge on any atom is 0.108 e. The summed E-state index contributed by atoms with van der Waals surface area (Å²) in [7, 11) is 0. The van der Waals surface area contributed by atoms with Crippen LogP contribution in [0.15, 0.2) is 11.3 Å². The third kappa shape index (κ3) is 0.919. The summed E-state index contributed by atoms with van der Waals surface area (Å²) in [4.78, 5) is 0. The van der Waals surface area contributed by atoms with Crippen molar-refractivity contribution in [2.24, 2.45) is 5.92 Å². The number of aliphatic hydroxyl groups excluding tert-OH is 1. The van der Waals surface area contributed by atoms with E-state index in [1.165, 1.54) is 0 Å². The third-order valence-corrected chi connectivity index (χ3v) is 2.67. The lowest BCUT2D eigenvalue weighted by atomic mass is 9.87. The highest BCUT2D eigenvalue weighted by Gasteiger charge is 2.40. The molecule has 3 nitrogen and oxygen atoms in total. The van der Waals surface area contributed by atoms with Gasteiger partial charge in [-0.05, 0) is 12.0 Å². The fourth-order valence-corrected chi connectivity index (χ4v) is 2.07. The van der Waals surface area contributed by atoms with Gasteiger partial charge in [-0.2, -0.15) is 5.26 Å². The van der Waals surface area contributed by atoms with Gasteiger partial charge in [0.05, 0.1) is 24.9 Å². The second kappa shape index (κ2) is 2.80. The van der Waals surface area contributed by atoms with Gasteiger partial charge in [0.1, 0.15) is 6.10 Å². The number of allylic oxidation sites excluding steroid dienone is 1. The molecule has 2 rings (SSSR count). The summed E-state index contributed by atoms with van der Waals surface area (Å²) in [5, 5.41) is 17.6. The highest BCUT2D eigenvalue weighted by molar-refractivity contribution is 5.26. The van der Waals surface area contributed by atoms with Gasteiger partial charge < -0.3 is 9.84 Å². The van der Waals surface area contributed by atoms with Crippen LogP contribution in [-0.2, 0) is 4.74 Å². The van der Waals surface area contributed by atoms with Gasteiger partial charge in [0.25, 0.3) is 0 Å². The minimum Gasteiger partial charge on any atom is -0.494 e. The van der Waals surface area contributed by atoms with E-state index in [-0.39, 0.29) is 18.6 Å². The first-order valence-corrected chi connectivity index (χ1v) is 4.23. The van der Waals surface area contributed by atoms with Gasteiger partial charge in [-0.1, -0.05) is 0 Å². The molecule has 2 atom stereocenters. The van der Waals surface area contributed by atoms with Gasteiger partial charge >= 0.3 is 0 Å². The van der Waals surface area contributed by atoms with Crippen molar-refractivity contribution in [3.8, 4) is 6.07 Å². The third-order valence-electron chi connectivity index (χ3n) is 2.67. The number of nitriles is 1. The summed E-state index contributed by atoms with van der Waals surface area (Å²) in [6, 6.07) is 2.11. The van der Waals surface area contributed by atoms with E-state index < -0.39 is 0 Å². The Kier molecular flexibility index (Phi) is 1.78. The van der Waals surface area contributed by atoms with Crippen LogP contribution in [0.25, 0.3) is 0 Å². The molecule has 0 spiro atoms. The molecule has 1 N–H and O–H groups in total. The quantitative estimate of drug-likeness (QED) is 0.663. The fourth-order valence-electron chi connectivity index (χ4n) is 2.07. The molecule has 0 saturated carbocycles. The van der Waals surface area contributed by atoms with E-state index >= 15 is 0 Å². The topological polar surface area (TPSA) is 53.2 Å². The molecule has 2 aliphatic rings. The Balaban J connectivity index is 2.22. The zero-order valence-electron chi connectivity index (χ0n) is 6.79. The van der Waals surface area contributed by atoms with Crippen molar-refractivity contribution in [2.75, 3.05) is 6.61 Å². The molecule has 0 aliphatic carbocycles. The Bertz CT molecular complexity index is 264. The van der Waals surface area contributed by atoms with Crippen LogP contribution < -0.4 is 0 Å². The van der Waals surface area contributed by atoms with Crippen molar-refractivity contribution < 1.29 is 9.84 Å². The van der Waals surface area contributed by atoms with E-state index in [4.69, 9.17) is 15.1 Å². The molecule has 2 bridgehead atoms. The lowest BCUT2D eigenvalue weighted by molar-refractivity contribution is 0.114. The molecule has 64 valence electrons. The summed E-state index contributed by atoms with van der Waals surface area (Å²) in [5.41, 5.74) is 1.04. The van der Waals surface area contributed by atoms with Gasteiger partial charge in [-0.15, -0.1) is 0 Å². The van der Waals surface area contributed by atoms with Crippen LogP contribution in [-0.4, -0.2) is 17.8 Å². The van der Waals surface area contributed by atoms with Gasteiger partial charge in [-0.3, -0.25) is 0 Å². The van der Waals surface area contributed by atoms with Crippen LogP contribution in [0.1, 0.15) is 19.3 Å². The average Bonchev–Trinajstić information content (AvgIpc) is 2.64. The van der Waals surface area contributed by atoms with Crippen LogP contribution in [0.4, 0.5) is 0 Å². The van der Waals surface area contributed by atoms with Crippen LogP contribution in [0, 0.1) is 17.2 Å². The smallest absolute Gasteiger partial charge is 0.108 e. The number of hydrogen-bond acceptors (Lipinski definition) is 3. The minimum atomic E-state index is 0.105. The number of fused-ring (bicyclic) bond motifs is 2. The highest BCUT2D eigenvalue weighted by atomic mass is 16.5. The monoisotopic (exact) mass is 165 g/mol. The maximum absolute atomic E-state index is 9.06. The number of hydrogen-bond donors (Lipinski definition) is 1. The Morgan fingerprint density at radius 1 is 1.67 bits per heavy atom. The van der Waals surface area contributed by atoms with Gasteiger partial charge in [-0.25, -0.2) is 0 Å². The lowest BCUT2D eigenvalue weighted by Crippen LogP contribution is -2.21. The molecule has 1 fully saturated rings. The zero-order valence-corrected chi connectivity index (χ0v) is 6.79. The van der Waals surface area contributed by atoms with E-state index in [1.807, 2.05) is 0 Å². The first-order valence-electron chi connectivity index (χ1n) is 4.23. The highest BCUT2D eigenvalue weighted by Crippen LogP contribution is 2.43. The molecule has 2 aliphatic heterocycles. The van der Waals surface area contributed by atoms with Gasteiger partial charge in [0.15, 0.2) is 0 Å². The molecule has 0 aromatic heterocycles. The standard InChI is InChI=1S/C9H11NO2/c10-4-3-6-7(5-11)9-2-1-8(6)12-9/h7,9,11H,1-3,5H2. The molecule has 1 saturated heterocycles. The number of rotatable bonds is 2. The first kappa shape index (κ1) is 7.63. The summed E-state index contributed by atoms with van der Waals surface area (Å²) in [6.07, 6.45) is 2.54. The predicted molar refractivity (Wildman–Crippen MR) is 41.9 cm³/mol. The molecule has 0 aromatic rings. The minimum absolute atomic E-state index is 0.105. The van der Waals surface area contributed by atoms with Gasteiger partial charge in [0, 0.05) is 12.3 Å². The zero-order chi connectivity index (χ0) is 8.55. The SMILES string of the molecule is N#CCC1=C2CCC(O2)C1CO. The summed E-state index contributed by atoms with van der Waals surface area (Å²) in [6.45, 7) is 0.116. The Hall–Kier alpha value is -1.01. The van der Waals surface area contributed by atoms with E-state index in [9.17, 15) is 0 Å². The second-order valence-corrected chi connectivity index (χ2v) is 3.27. The van der Waals surface area contributed by atoms with Crippen LogP contribution in [0.3, 0.4) is 0 Å². The van der Waals surface area contributed by atoms with Crippen LogP contribution in [0.2, 0.25) is 0 Å². The second-order valence-electron chi connectivity index (χ2n) is 3.27. The predicted octanol–water partition coefficient (Wildman–Crippen LogP) is 0.955. The Morgan fingerprint density at radius 2 is 2.50 bits per heavy atom. The lowest BCUT2D eigenvalue weighted by Gasteiger charge is -2.16. The summed E-state index contributed by atoms with van der Waals surface area (Å²) >= 11 is 0. The summed E-state index contributed by atoms with van der Waals surface area (Å²) in [5.74, 6) is 1.08. The van der Waals surface area contributed by atoms with Crippen molar-refractivity contribution in [3.63, 3.8) is 0 Å². The summed E-state index contributed by atoms with van der Waals surface area (Å²) < 4.78 is 5.51. The van der Waals surface area contributed by atoms with Crippen LogP contribution >= 0.6 is 0 Å². The van der Waals surface area contributed by atoms with Crippen molar-refractivity contribution in [2.45, 2.75) is 25.4 Å². The Labute approximate surface area is 71.3 Å². The molecule has 2 heterocycles. The van der Waals surface area contributed by atoms with Crippen molar-refractivity contribution >= 4 is 0 Å².